The van der Waals surface area contributed by atoms with Crippen molar-refractivity contribution < 1.29 is 33.3 Å². The quantitative estimate of drug-likeness (QED) is 0.295. The van der Waals surface area contributed by atoms with Gasteiger partial charge in [-0.1, -0.05) is 11.6 Å². The molecule has 0 atom stereocenters. The number of rotatable bonds is 6. The second kappa shape index (κ2) is 11.0. The molecule has 2 heterocycles. The lowest BCUT2D eigenvalue weighted by Gasteiger charge is -2.17. The molecular weight excluding hydrogens is 471 g/mol. The highest BCUT2D eigenvalue weighted by Crippen LogP contribution is 2.34. The number of carboxylic acid groups (broad SMARTS) is 1. The first kappa shape index (κ1) is 25.9. The normalized spacial score (nSPS) is 10.6. The van der Waals surface area contributed by atoms with Crippen molar-refractivity contribution in [2.75, 3.05) is 37.4 Å². The van der Waals surface area contributed by atoms with E-state index in [0.29, 0.717) is 12.6 Å². The van der Waals surface area contributed by atoms with E-state index in [0.717, 1.165) is 16.8 Å². The van der Waals surface area contributed by atoms with Crippen LogP contribution in [0.5, 0.6) is 0 Å². The van der Waals surface area contributed by atoms with Crippen LogP contribution in [-0.2, 0) is 0 Å². The molecule has 0 aliphatic heterocycles. The summed E-state index contributed by atoms with van der Waals surface area (Å²) in [5.74, 6) is -6.41. The van der Waals surface area contributed by atoms with Crippen LogP contribution in [0.15, 0.2) is 23.1 Å². The van der Waals surface area contributed by atoms with E-state index in [9.17, 15) is 27.9 Å². The molecule has 0 aliphatic carbocycles. The van der Waals surface area contributed by atoms with Crippen LogP contribution in [0.25, 0.3) is 16.7 Å². The van der Waals surface area contributed by atoms with Crippen LogP contribution in [0.2, 0.25) is 5.02 Å². The number of aliphatic hydroxyl groups is 2. The van der Waals surface area contributed by atoms with Gasteiger partial charge in [0.1, 0.15) is 11.4 Å². The molecule has 3 aromatic rings. The second-order valence-corrected chi connectivity index (χ2v) is 6.69. The first-order chi connectivity index (χ1) is 15.6. The minimum absolute atomic E-state index is 0.0972. The number of hydrogen-bond donors (Lipinski definition) is 6. The number of aromatic nitrogens is 2. The molecule has 10 nitrogen and oxygen atoms in total. The van der Waals surface area contributed by atoms with Gasteiger partial charge in [0.25, 0.3) is 0 Å². The molecule has 14 heteroatoms. The Bertz CT molecular complexity index is 1250. The molecule has 0 saturated heterocycles. The Balaban J connectivity index is 0.000000890. The van der Waals surface area contributed by atoms with Crippen LogP contribution < -0.4 is 22.2 Å². The lowest BCUT2D eigenvalue weighted by Crippen LogP contribution is -2.20. The van der Waals surface area contributed by atoms with Gasteiger partial charge >= 0.3 is 5.97 Å². The first-order valence-corrected chi connectivity index (χ1v) is 9.54. The van der Waals surface area contributed by atoms with E-state index in [1.54, 1.807) is 0 Å². The third-order valence-electron chi connectivity index (χ3n) is 4.12. The number of aliphatic hydroxyl groups excluding tert-OH is 2. The van der Waals surface area contributed by atoms with Crippen molar-refractivity contribution in [3.8, 4) is 5.82 Å². The number of fused-ring (bicyclic) bond motifs is 1. The topological polar surface area (TPSA) is 177 Å². The number of nitrogens with zero attached hydrogens (tertiary/aromatic N) is 2. The molecule has 0 bridgehead atoms. The van der Waals surface area contributed by atoms with E-state index in [-0.39, 0.29) is 31.0 Å². The SMILES string of the molecule is NCCO.Nc1nc(-n2cc(C(=O)O)c(=O)c3cc(F)c(NCCO)c(Cl)c32)c(F)cc1F. The van der Waals surface area contributed by atoms with E-state index in [2.05, 4.69) is 10.3 Å². The Labute approximate surface area is 188 Å². The Morgan fingerprint density at radius 2 is 1.79 bits per heavy atom. The van der Waals surface area contributed by atoms with Crippen LogP contribution in [0.1, 0.15) is 10.4 Å². The average molecular weight is 490 g/mol. The molecule has 178 valence electrons. The third-order valence-corrected chi connectivity index (χ3v) is 4.49. The van der Waals surface area contributed by atoms with Crippen LogP contribution in [-0.4, -0.2) is 57.1 Å². The van der Waals surface area contributed by atoms with Crippen molar-refractivity contribution in [2.24, 2.45) is 5.73 Å². The fraction of sp³-hybridized carbons (Fsp3) is 0.211. The zero-order valence-electron chi connectivity index (χ0n) is 16.8. The highest BCUT2D eigenvalue weighted by molar-refractivity contribution is 6.38. The van der Waals surface area contributed by atoms with E-state index in [1.807, 2.05) is 0 Å². The number of carboxylic acids is 1. The van der Waals surface area contributed by atoms with E-state index in [1.165, 1.54) is 0 Å². The van der Waals surface area contributed by atoms with Crippen molar-refractivity contribution in [3.63, 3.8) is 0 Å². The first-order valence-electron chi connectivity index (χ1n) is 9.17. The minimum Gasteiger partial charge on any atom is -0.477 e. The van der Waals surface area contributed by atoms with Gasteiger partial charge in [-0.2, -0.15) is 0 Å². The second-order valence-electron chi connectivity index (χ2n) is 6.31. The van der Waals surface area contributed by atoms with Crippen LogP contribution in [0.3, 0.4) is 0 Å². The monoisotopic (exact) mass is 489 g/mol. The van der Waals surface area contributed by atoms with E-state index < -0.39 is 56.5 Å². The number of aromatic carboxylic acids is 1. The number of halogens is 4. The minimum atomic E-state index is -1.67. The molecule has 0 saturated carbocycles. The molecule has 0 amide bonds. The summed E-state index contributed by atoms with van der Waals surface area (Å²) < 4.78 is 43.2. The summed E-state index contributed by atoms with van der Waals surface area (Å²) in [4.78, 5) is 27.5. The summed E-state index contributed by atoms with van der Waals surface area (Å²) in [7, 11) is 0. The number of nitrogens with one attached hydrogen (secondary N) is 1. The van der Waals surface area contributed by atoms with E-state index in [4.69, 9.17) is 33.3 Å². The maximum atomic E-state index is 14.5. The van der Waals surface area contributed by atoms with Gasteiger partial charge in [0.2, 0.25) is 5.43 Å². The highest BCUT2D eigenvalue weighted by atomic mass is 35.5. The number of carbonyl (C=O) groups is 1. The number of nitrogen functional groups attached to an aromatic ring is 1. The molecule has 0 fully saturated rings. The maximum absolute atomic E-state index is 14.5. The predicted octanol–water partition coefficient (Wildman–Crippen LogP) is 1.08. The molecule has 3 rings (SSSR count). The maximum Gasteiger partial charge on any atom is 0.341 e. The zero-order chi connectivity index (χ0) is 24.9. The van der Waals surface area contributed by atoms with Gasteiger partial charge in [0.15, 0.2) is 23.3 Å². The molecule has 0 radical (unpaired) electrons. The Kier molecular flexibility index (Phi) is 8.59. The van der Waals surface area contributed by atoms with Crippen LogP contribution >= 0.6 is 11.6 Å². The van der Waals surface area contributed by atoms with Gasteiger partial charge in [0.05, 0.1) is 34.8 Å². The Morgan fingerprint density at radius 1 is 1.15 bits per heavy atom. The number of nitrogens with two attached hydrogens (primary N) is 2. The molecule has 33 heavy (non-hydrogen) atoms. The Morgan fingerprint density at radius 3 is 2.33 bits per heavy atom. The summed E-state index contributed by atoms with van der Waals surface area (Å²) >= 11 is 6.22. The van der Waals surface area contributed by atoms with Crippen LogP contribution in [0, 0.1) is 17.5 Å². The number of hydrogen-bond acceptors (Lipinski definition) is 8. The molecule has 0 unspecified atom stereocenters. The fourth-order valence-corrected chi connectivity index (χ4v) is 3.07. The lowest BCUT2D eigenvalue weighted by molar-refractivity contribution is 0.0695. The van der Waals surface area contributed by atoms with Gasteiger partial charge in [-0.15, -0.1) is 0 Å². The van der Waals surface area contributed by atoms with Crippen molar-refractivity contribution in [1.82, 2.24) is 9.55 Å². The van der Waals surface area contributed by atoms with Crippen molar-refractivity contribution >= 4 is 40.0 Å². The zero-order valence-corrected chi connectivity index (χ0v) is 17.5. The summed E-state index contributed by atoms with van der Waals surface area (Å²) in [5, 5.41) is 27.6. The third kappa shape index (κ3) is 5.34. The largest absolute Gasteiger partial charge is 0.477 e. The molecule has 1 aromatic carbocycles. The van der Waals surface area contributed by atoms with Gasteiger partial charge in [-0.25, -0.2) is 22.9 Å². The molecule has 8 N–H and O–H groups in total. The molecular formula is C19H19ClF3N5O5. The summed E-state index contributed by atoms with van der Waals surface area (Å²) in [6.45, 7) is -0.00105. The van der Waals surface area contributed by atoms with Gasteiger partial charge in [-0.3, -0.25) is 9.36 Å². The highest BCUT2D eigenvalue weighted by Gasteiger charge is 2.24. The number of pyridine rings is 2. The summed E-state index contributed by atoms with van der Waals surface area (Å²) in [6, 6.07) is 1.14. The van der Waals surface area contributed by atoms with Gasteiger partial charge in [-0.05, 0) is 6.07 Å². The van der Waals surface area contributed by atoms with E-state index >= 15 is 0 Å². The van der Waals surface area contributed by atoms with Crippen LogP contribution in [0.4, 0.5) is 24.7 Å². The van der Waals surface area contributed by atoms with Crippen molar-refractivity contribution in [1.29, 1.82) is 0 Å². The number of anilines is 2. The lowest BCUT2D eigenvalue weighted by atomic mass is 10.1. The molecule has 0 spiro atoms. The standard InChI is InChI=1S/C17H12ClF3N4O4.C2H7NO/c18-11-12(23-1-2-26)8(19)3-6-13(11)25(5-7(14(6)27)17(28)29)16-10(21)4-9(20)15(22)24-16;3-1-2-4/h3-5,23,26H,1-2H2,(H2,22,24)(H,28,29);4H,1-3H2. The smallest absolute Gasteiger partial charge is 0.341 e. The van der Waals surface area contributed by atoms with Gasteiger partial charge < -0.3 is 32.1 Å². The van der Waals surface area contributed by atoms with Gasteiger partial charge in [0, 0.05) is 25.4 Å². The summed E-state index contributed by atoms with van der Waals surface area (Å²) in [6.07, 6.45) is 0.732. The average Bonchev–Trinajstić information content (AvgIpc) is 2.77. The molecule has 0 aliphatic rings. The fourth-order valence-electron chi connectivity index (χ4n) is 2.72. The Hall–Kier alpha value is -3.39. The van der Waals surface area contributed by atoms with Crippen molar-refractivity contribution in [2.45, 2.75) is 0 Å². The number of benzene rings is 1. The van der Waals surface area contributed by atoms with Crippen molar-refractivity contribution in [3.05, 3.63) is 56.6 Å². The summed E-state index contributed by atoms with van der Waals surface area (Å²) in [5.41, 5.74) is 7.65. The predicted molar refractivity (Wildman–Crippen MR) is 115 cm³/mol. The molecule has 2 aromatic heterocycles.